The number of aryl methyl sites for hydroxylation is 1. The van der Waals surface area contributed by atoms with Crippen LogP contribution in [0.15, 0.2) is 54.9 Å². The van der Waals surface area contributed by atoms with Crippen molar-refractivity contribution >= 4 is 0 Å². The highest BCUT2D eigenvalue weighted by molar-refractivity contribution is 5.77. The number of hydrogen-bond donors (Lipinski definition) is 1. The third-order valence-electron chi connectivity index (χ3n) is 3.33. The van der Waals surface area contributed by atoms with Crippen LogP contribution in [0.5, 0.6) is 0 Å². The van der Waals surface area contributed by atoms with Gasteiger partial charge in [0.2, 0.25) is 0 Å². The van der Waals surface area contributed by atoms with E-state index in [1.54, 1.807) is 12.4 Å². The molecule has 0 amide bonds. The summed E-state index contributed by atoms with van der Waals surface area (Å²) in [7, 11) is 0. The van der Waals surface area contributed by atoms with E-state index in [0.29, 0.717) is 5.56 Å². The molecule has 0 aliphatic heterocycles. The lowest BCUT2D eigenvalue weighted by atomic mass is 9.96. The normalized spacial score (nSPS) is 10.2. The Morgan fingerprint density at radius 1 is 1.00 bits per heavy atom. The molecule has 2 aromatic carbocycles. The predicted octanol–water partition coefficient (Wildman–Crippen LogP) is 3.92. The van der Waals surface area contributed by atoms with Crippen molar-refractivity contribution in [3.05, 3.63) is 66.0 Å². The van der Waals surface area contributed by atoms with Crippen molar-refractivity contribution < 1.29 is 0 Å². The first-order valence-corrected chi connectivity index (χ1v) is 6.38. The summed E-state index contributed by atoms with van der Waals surface area (Å²) in [5.74, 6) is 0. The fraction of sp³-hybridized carbons (Fsp3) is 0.0588. The van der Waals surface area contributed by atoms with Gasteiger partial charge in [-0.2, -0.15) is 10.4 Å². The monoisotopic (exact) mass is 259 g/mol. The summed E-state index contributed by atoms with van der Waals surface area (Å²) in [6, 6.07) is 16.5. The van der Waals surface area contributed by atoms with Gasteiger partial charge in [-0.25, -0.2) is 0 Å². The maximum Gasteiger partial charge on any atom is 0.0998 e. The number of H-pyrrole nitrogens is 1. The summed E-state index contributed by atoms with van der Waals surface area (Å²) in [5, 5.41) is 16.0. The van der Waals surface area contributed by atoms with Crippen LogP contribution in [-0.4, -0.2) is 10.2 Å². The zero-order valence-electron chi connectivity index (χ0n) is 11.1. The molecular formula is C17H13N3. The zero-order chi connectivity index (χ0) is 13.9. The van der Waals surface area contributed by atoms with Crippen LogP contribution in [0.3, 0.4) is 0 Å². The molecule has 3 nitrogen and oxygen atoms in total. The third-order valence-corrected chi connectivity index (χ3v) is 3.33. The van der Waals surface area contributed by atoms with Gasteiger partial charge in [-0.05, 0) is 30.2 Å². The third kappa shape index (κ3) is 2.19. The quantitative estimate of drug-likeness (QED) is 0.758. The van der Waals surface area contributed by atoms with Gasteiger partial charge in [0, 0.05) is 17.3 Å². The lowest BCUT2D eigenvalue weighted by Crippen LogP contribution is -1.86. The topological polar surface area (TPSA) is 52.5 Å². The lowest BCUT2D eigenvalue weighted by Gasteiger charge is -2.07. The summed E-state index contributed by atoms with van der Waals surface area (Å²) < 4.78 is 0. The number of rotatable bonds is 2. The fourth-order valence-corrected chi connectivity index (χ4v) is 2.20. The standard InChI is InChI=1S/C17H13N3/c1-12-2-4-13(5-3-12)14-6-7-15(9-18)17(8-14)16-10-19-20-11-16/h2-8,10-11H,1H3,(H,19,20). The fourth-order valence-electron chi connectivity index (χ4n) is 2.20. The molecule has 96 valence electrons. The number of nitrogens with zero attached hydrogens (tertiary/aromatic N) is 2. The Bertz CT molecular complexity index is 763. The minimum atomic E-state index is 0.655. The van der Waals surface area contributed by atoms with Crippen molar-refractivity contribution in [1.82, 2.24) is 10.2 Å². The molecule has 3 heteroatoms. The smallest absolute Gasteiger partial charge is 0.0998 e. The van der Waals surface area contributed by atoms with E-state index >= 15 is 0 Å². The molecular weight excluding hydrogens is 246 g/mol. The molecule has 0 aliphatic rings. The zero-order valence-corrected chi connectivity index (χ0v) is 11.1. The molecule has 1 N–H and O–H groups in total. The first-order chi connectivity index (χ1) is 9.78. The van der Waals surface area contributed by atoms with Gasteiger partial charge in [0.1, 0.15) is 0 Å². The molecule has 0 radical (unpaired) electrons. The molecule has 0 bridgehead atoms. The minimum Gasteiger partial charge on any atom is -0.285 e. The largest absolute Gasteiger partial charge is 0.285 e. The maximum atomic E-state index is 9.23. The van der Waals surface area contributed by atoms with Gasteiger partial charge < -0.3 is 0 Å². The van der Waals surface area contributed by atoms with Gasteiger partial charge >= 0.3 is 0 Å². The molecule has 0 atom stereocenters. The summed E-state index contributed by atoms with van der Waals surface area (Å²) >= 11 is 0. The molecule has 0 aliphatic carbocycles. The van der Waals surface area contributed by atoms with Crippen molar-refractivity contribution in [2.45, 2.75) is 6.92 Å². The van der Waals surface area contributed by atoms with Crippen LogP contribution < -0.4 is 0 Å². The Labute approximate surface area is 117 Å². The predicted molar refractivity (Wildman–Crippen MR) is 78.9 cm³/mol. The van der Waals surface area contributed by atoms with Crippen molar-refractivity contribution in [3.63, 3.8) is 0 Å². The van der Waals surface area contributed by atoms with Gasteiger partial charge in [-0.3, -0.25) is 5.10 Å². The second-order valence-electron chi connectivity index (χ2n) is 4.73. The number of aromatic amines is 1. The molecule has 20 heavy (non-hydrogen) atoms. The lowest BCUT2D eigenvalue weighted by molar-refractivity contribution is 1.09. The Morgan fingerprint density at radius 2 is 1.75 bits per heavy atom. The van der Waals surface area contributed by atoms with Crippen molar-refractivity contribution in [1.29, 1.82) is 5.26 Å². The van der Waals surface area contributed by atoms with Crippen LogP contribution >= 0.6 is 0 Å². The van der Waals surface area contributed by atoms with Crippen LogP contribution in [0.4, 0.5) is 0 Å². The van der Waals surface area contributed by atoms with Crippen LogP contribution in [0.1, 0.15) is 11.1 Å². The SMILES string of the molecule is Cc1ccc(-c2ccc(C#N)c(-c3cn[nH]c3)c2)cc1. The van der Waals surface area contributed by atoms with Gasteiger partial charge in [-0.1, -0.05) is 35.9 Å². The van der Waals surface area contributed by atoms with E-state index in [1.807, 2.05) is 18.2 Å². The van der Waals surface area contributed by atoms with E-state index in [-0.39, 0.29) is 0 Å². The number of hydrogen-bond acceptors (Lipinski definition) is 2. The number of nitriles is 1. The van der Waals surface area contributed by atoms with Crippen molar-refractivity contribution in [2.75, 3.05) is 0 Å². The van der Waals surface area contributed by atoms with Crippen LogP contribution in [0.25, 0.3) is 22.3 Å². The van der Waals surface area contributed by atoms with Crippen LogP contribution in [0, 0.1) is 18.3 Å². The maximum absolute atomic E-state index is 9.23. The Hall–Kier alpha value is -2.86. The Kier molecular flexibility index (Phi) is 3.06. The van der Waals surface area contributed by atoms with E-state index in [0.717, 1.165) is 22.3 Å². The molecule has 1 aromatic heterocycles. The summed E-state index contributed by atoms with van der Waals surface area (Å²) in [4.78, 5) is 0. The van der Waals surface area contributed by atoms with Crippen LogP contribution in [-0.2, 0) is 0 Å². The molecule has 3 aromatic rings. The molecule has 3 rings (SSSR count). The molecule has 0 fully saturated rings. The second-order valence-corrected chi connectivity index (χ2v) is 4.73. The second kappa shape index (κ2) is 5.02. The first-order valence-electron chi connectivity index (χ1n) is 6.38. The number of benzene rings is 2. The highest BCUT2D eigenvalue weighted by Gasteiger charge is 2.08. The number of nitrogens with one attached hydrogen (secondary N) is 1. The van der Waals surface area contributed by atoms with Gasteiger partial charge in [0.25, 0.3) is 0 Å². The molecule has 1 heterocycles. The van der Waals surface area contributed by atoms with Gasteiger partial charge in [0.05, 0.1) is 17.8 Å². The van der Waals surface area contributed by atoms with Crippen molar-refractivity contribution in [2.24, 2.45) is 0 Å². The molecule has 0 saturated heterocycles. The first kappa shape index (κ1) is 12.2. The van der Waals surface area contributed by atoms with E-state index in [2.05, 4.69) is 47.5 Å². The molecule has 0 unspecified atom stereocenters. The highest BCUT2D eigenvalue weighted by Crippen LogP contribution is 2.29. The molecule has 0 saturated carbocycles. The average molecular weight is 259 g/mol. The average Bonchev–Trinajstić information content (AvgIpc) is 3.01. The summed E-state index contributed by atoms with van der Waals surface area (Å²) in [6.45, 7) is 2.07. The summed E-state index contributed by atoms with van der Waals surface area (Å²) in [5.41, 5.74) is 5.96. The van der Waals surface area contributed by atoms with Gasteiger partial charge in [-0.15, -0.1) is 0 Å². The number of aromatic nitrogens is 2. The van der Waals surface area contributed by atoms with E-state index in [4.69, 9.17) is 0 Å². The minimum absolute atomic E-state index is 0.655. The van der Waals surface area contributed by atoms with E-state index < -0.39 is 0 Å². The van der Waals surface area contributed by atoms with E-state index in [9.17, 15) is 5.26 Å². The van der Waals surface area contributed by atoms with Crippen LogP contribution in [0.2, 0.25) is 0 Å². The highest BCUT2D eigenvalue weighted by atomic mass is 15.1. The summed E-state index contributed by atoms with van der Waals surface area (Å²) in [6.07, 6.45) is 3.53. The van der Waals surface area contributed by atoms with Crippen molar-refractivity contribution in [3.8, 4) is 28.3 Å². The Morgan fingerprint density at radius 3 is 2.40 bits per heavy atom. The van der Waals surface area contributed by atoms with E-state index in [1.165, 1.54) is 5.56 Å². The molecule has 0 spiro atoms. The van der Waals surface area contributed by atoms with Gasteiger partial charge in [0.15, 0.2) is 0 Å². The Balaban J connectivity index is 2.13.